The number of aromatic nitrogens is 1. The van der Waals surface area contributed by atoms with Gasteiger partial charge in [0, 0.05) is 19.3 Å². The maximum absolute atomic E-state index is 12.2. The van der Waals surface area contributed by atoms with Crippen molar-refractivity contribution in [2.45, 2.75) is 50.6 Å². The molecule has 0 radical (unpaired) electrons. The number of hydrogen-bond donors (Lipinski definition) is 2. The van der Waals surface area contributed by atoms with E-state index in [1.807, 2.05) is 6.92 Å². The number of unbranched alkanes of at least 4 members (excludes halogenated alkanes) is 2. The van der Waals surface area contributed by atoms with E-state index in [0.717, 1.165) is 25.7 Å². The lowest BCUT2D eigenvalue weighted by Crippen LogP contribution is -2.33. The highest BCUT2D eigenvalue weighted by molar-refractivity contribution is 7.89. The highest BCUT2D eigenvalue weighted by atomic mass is 32.2. The van der Waals surface area contributed by atoms with Crippen molar-refractivity contribution in [2.75, 3.05) is 12.4 Å². The Labute approximate surface area is 115 Å². The van der Waals surface area contributed by atoms with Crippen molar-refractivity contribution in [3.63, 3.8) is 0 Å². The monoisotopic (exact) mass is 285 g/mol. The average Bonchev–Trinajstić information content (AvgIpc) is 2.38. The average molecular weight is 285 g/mol. The van der Waals surface area contributed by atoms with Gasteiger partial charge in [0.15, 0.2) is 5.03 Å². The van der Waals surface area contributed by atoms with Crippen LogP contribution >= 0.6 is 0 Å². The fourth-order valence-corrected chi connectivity index (χ4v) is 3.29. The van der Waals surface area contributed by atoms with Crippen LogP contribution in [0.5, 0.6) is 0 Å². The summed E-state index contributed by atoms with van der Waals surface area (Å²) in [6.45, 7) is 4.01. The van der Waals surface area contributed by atoms with E-state index in [9.17, 15) is 8.42 Å². The van der Waals surface area contributed by atoms with Crippen molar-refractivity contribution in [1.82, 2.24) is 9.71 Å². The Morgan fingerprint density at radius 2 is 2.11 bits per heavy atom. The van der Waals surface area contributed by atoms with E-state index in [2.05, 4.69) is 21.9 Å². The molecule has 1 aromatic heterocycles. The Morgan fingerprint density at radius 1 is 1.37 bits per heavy atom. The second-order valence-electron chi connectivity index (χ2n) is 4.62. The summed E-state index contributed by atoms with van der Waals surface area (Å²) in [5.74, 6) is 0. The molecule has 2 N–H and O–H groups in total. The van der Waals surface area contributed by atoms with Gasteiger partial charge in [-0.3, -0.25) is 0 Å². The topological polar surface area (TPSA) is 71.1 Å². The quantitative estimate of drug-likeness (QED) is 0.719. The Bertz CT molecular complexity index is 488. The maximum atomic E-state index is 12.2. The lowest BCUT2D eigenvalue weighted by Gasteiger charge is -2.15. The Kier molecular flexibility index (Phi) is 6.24. The van der Waals surface area contributed by atoms with Gasteiger partial charge < -0.3 is 5.32 Å². The number of hydrogen-bond acceptors (Lipinski definition) is 4. The number of anilines is 1. The van der Waals surface area contributed by atoms with Gasteiger partial charge in [0.1, 0.15) is 0 Å². The van der Waals surface area contributed by atoms with E-state index in [-0.39, 0.29) is 11.1 Å². The third-order valence-corrected chi connectivity index (χ3v) is 4.44. The molecule has 0 aliphatic rings. The summed E-state index contributed by atoms with van der Waals surface area (Å²) in [6.07, 6.45) is 5.61. The standard InChI is InChI=1S/C13H23N3O2S/c1-4-5-6-8-11(2)16-19(17,18)13-12(14-3)9-7-10-15-13/h7,9-11,14,16H,4-6,8H2,1-3H3. The largest absolute Gasteiger partial charge is 0.386 e. The van der Waals surface area contributed by atoms with E-state index in [0.29, 0.717) is 5.69 Å². The summed E-state index contributed by atoms with van der Waals surface area (Å²) in [6, 6.07) is 3.32. The molecule has 1 aromatic rings. The highest BCUT2D eigenvalue weighted by Gasteiger charge is 2.21. The molecule has 1 unspecified atom stereocenters. The van der Waals surface area contributed by atoms with Gasteiger partial charge in [0.25, 0.3) is 10.0 Å². The molecule has 19 heavy (non-hydrogen) atoms. The van der Waals surface area contributed by atoms with E-state index < -0.39 is 10.0 Å². The van der Waals surface area contributed by atoms with Crippen molar-refractivity contribution >= 4 is 15.7 Å². The molecule has 6 heteroatoms. The molecule has 1 rings (SSSR count). The van der Waals surface area contributed by atoms with Crippen LogP contribution in [0.25, 0.3) is 0 Å². The van der Waals surface area contributed by atoms with Crippen molar-refractivity contribution in [3.05, 3.63) is 18.3 Å². The minimum Gasteiger partial charge on any atom is -0.386 e. The number of rotatable bonds is 8. The zero-order valence-electron chi connectivity index (χ0n) is 11.8. The van der Waals surface area contributed by atoms with E-state index in [4.69, 9.17) is 0 Å². The van der Waals surface area contributed by atoms with Crippen LogP contribution in [0.3, 0.4) is 0 Å². The number of nitrogens with one attached hydrogen (secondary N) is 2. The first-order chi connectivity index (χ1) is 9.01. The SMILES string of the molecule is CCCCCC(C)NS(=O)(=O)c1ncccc1NC. The lowest BCUT2D eigenvalue weighted by atomic mass is 10.1. The molecule has 0 spiro atoms. The zero-order chi connectivity index (χ0) is 14.3. The molecule has 0 bridgehead atoms. The van der Waals surface area contributed by atoms with Gasteiger partial charge in [-0.2, -0.15) is 0 Å². The minimum atomic E-state index is -3.56. The van der Waals surface area contributed by atoms with Gasteiger partial charge in [-0.15, -0.1) is 0 Å². The van der Waals surface area contributed by atoms with Gasteiger partial charge in [0.2, 0.25) is 0 Å². The number of nitrogens with zero attached hydrogens (tertiary/aromatic N) is 1. The summed E-state index contributed by atoms with van der Waals surface area (Å²) < 4.78 is 27.2. The number of sulfonamides is 1. The van der Waals surface area contributed by atoms with Crippen molar-refractivity contribution in [3.8, 4) is 0 Å². The van der Waals surface area contributed by atoms with Gasteiger partial charge in [-0.25, -0.2) is 18.1 Å². The molecule has 1 heterocycles. The lowest BCUT2D eigenvalue weighted by molar-refractivity contribution is 0.525. The molecule has 0 aliphatic carbocycles. The normalized spacial score (nSPS) is 13.2. The Morgan fingerprint density at radius 3 is 2.74 bits per heavy atom. The van der Waals surface area contributed by atoms with E-state index >= 15 is 0 Å². The van der Waals surface area contributed by atoms with E-state index in [1.165, 1.54) is 6.20 Å². The first kappa shape index (κ1) is 15.9. The molecular formula is C13H23N3O2S. The van der Waals surface area contributed by atoms with Gasteiger partial charge in [0.05, 0.1) is 5.69 Å². The number of pyridine rings is 1. The zero-order valence-corrected chi connectivity index (χ0v) is 12.6. The molecule has 0 aliphatic heterocycles. The molecule has 0 fully saturated rings. The molecule has 0 saturated carbocycles. The van der Waals surface area contributed by atoms with Crippen molar-refractivity contribution in [2.24, 2.45) is 0 Å². The van der Waals surface area contributed by atoms with Gasteiger partial charge in [-0.05, 0) is 25.5 Å². The van der Waals surface area contributed by atoms with Crippen LogP contribution in [-0.2, 0) is 10.0 Å². The highest BCUT2D eigenvalue weighted by Crippen LogP contribution is 2.17. The van der Waals surface area contributed by atoms with Gasteiger partial charge >= 0.3 is 0 Å². The first-order valence-electron chi connectivity index (χ1n) is 6.66. The summed E-state index contributed by atoms with van der Waals surface area (Å²) in [7, 11) is -1.88. The summed E-state index contributed by atoms with van der Waals surface area (Å²) in [5.41, 5.74) is 0.510. The van der Waals surface area contributed by atoms with Crippen LogP contribution in [0.15, 0.2) is 23.4 Å². The Balaban J connectivity index is 2.75. The third kappa shape index (κ3) is 4.80. The molecular weight excluding hydrogens is 262 g/mol. The van der Waals surface area contributed by atoms with Crippen LogP contribution < -0.4 is 10.0 Å². The second kappa shape index (κ2) is 7.45. The first-order valence-corrected chi connectivity index (χ1v) is 8.14. The van der Waals surface area contributed by atoms with E-state index in [1.54, 1.807) is 19.2 Å². The smallest absolute Gasteiger partial charge is 0.260 e. The molecule has 0 saturated heterocycles. The summed E-state index contributed by atoms with van der Waals surface area (Å²) >= 11 is 0. The minimum absolute atomic E-state index is 0.0554. The predicted molar refractivity (Wildman–Crippen MR) is 77.7 cm³/mol. The summed E-state index contributed by atoms with van der Waals surface area (Å²) in [5, 5.41) is 2.90. The van der Waals surface area contributed by atoms with Crippen LogP contribution in [0, 0.1) is 0 Å². The molecule has 1 atom stereocenters. The molecule has 0 aromatic carbocycles. The summed E-state index contributed by atoms with van der Waals surface area (Å²) in [4.78, 5) is 3.96. The molecule has 0 amide bonds. The second-order valence-corrected chi connectivity index (χ2v) is 6.25. The van der Waals surface area contributed by atoms with Crippen molar-refractivity contribution in [1.29, 1.82) is 0 Å². The predicted octanol–water partition coefficient (Wildman–Crippen LogP) is 2.37. The fourth-order valence-electron chi connectivity index (χ4n) is 1.88. The van der Waals surface area contributed by atoms with Crippen LogP contribution in [0.1, 0.15) is 39.5 Å². The molecule has 108 valence electrons. The van der Waals surface area contributed by atoms with Gasteiger partial charge in [-0.1, -0.05) is 26.2 Å². The fraction of sp³-hybridized carbons (Fsp3) is 0.615. The van der Waals surface area contributed by atoms with Crippen LogP contribution in [0.4, 0.5) is 5.69 Å². The van der Waals surface area contributed by atoms with Crippen LogP contribution in [-0.4, -0.2) is 26.5 Å². The maximum Gasteiger partial charge on any atom is 0.260 e. The van der Waals surface area contributed by atoms with Crippen molar-refractivity contribution < 1.29 is 8.42 Å². The third-order valence-electron chi connectivity index (χ3n) is 2.89. The Hall–Kier alpha value is -1.14. The molecule has 5 nitrogen and oxygen atoms in total. The van der Waals surface area contributed by atoms with Crippen LogP contribution in [0.2, 0.25) is 0 Å².